The first-order valence-corrected chi connectivity index (χ1v) is 7.43. The van der Waals surface area contributed by atoms with Crippen molar-refractivity contribution in [3.05, 3.63) is 35.0 Å². The maximum Gasteiger partial charge on any atom is 0.0726 e. The number of aromatic nitrogens is 1. The minimum Gasteiger partial charge on any atom is -0.382 e. The van der Waals surface area contributed by atoms with Gasteiger partial charge in [-0.3, -0.25) is 4.98 Å². The van der Waals surface area contributed by atoms with Crippen molar-refractivity contribution in [1.82, 2.24) is 4.98 Å². The number of aryl methyl sites for hydroxylation is 1. The topological polar surface area (TPSA) is 24.9 Å². The van der Waals surface area contributed by atoms with Crippen molar-refractivity contribution in [2.45, 2.75) is 45.1 Å². The molecule has 2 nitrogen and oxygen atoms in total. The molecule has 0 aliphatic heterocycles. The Morgan fingerprint density at radius 2 is 1.90 bits per heavy atom. The van der Waals surface area contributed by atoms with Gasteiger partial charge in [0.2, 0.25) is 0 Å². The fourth-order valence-electron chi connectivity index (χ4n) is 2.92. The van der Waals surface area contributed by atoms with Gasteiger partial charge in [0.25, 0.3) is 0 Å². The van der Waals surface area contributed by atoms with Crippen LogP contribution in [0.1, 0.15) is 37.8 Å². The summed E-state index contributed by atoms with van der Waals surface area (Å²) in [6, 6.07) is 8.64. The summed E-state index contributed by atoms with van der Waals surface area (Å²) in [4.78, 5) is 4.57. The summed E-state index contributed by atoms with van der Waals surface area (Å²) in [6.07, 6.45) is 6.58. The molecule has 0 bridgehead atoms. The zero-order valence-electron chi connectivity index (χ0n) is 11.7. The maximum atomic E-state index is 6.12. The molecule has 1 aromatic carbocycles. The lowest BCUT2D eigenvalue weighted by Crippen LogP contribution is -2.22. The molecule has 3 rings (SSSR count). The van der Waals surface area contributed by atoms with Gasteiger partial charge in [0.05, 0.1) is 5.52 Å². The van der Waals surface area contributed by atoms with Gasteiger partial charge in [0, 0.05) is 27.8 Å². The summed E-state index contributed by atoms with van der Waals surface area (Å²) in [5.41, 5.74) is 3.24. The van der Waals surface area contributed by atoms with Crippen LogP contribution in [-0.4, -0.2) is 11.0 Å². The highest BCUT2D eigenvalue weighted by molar-refractivity contribution is 6.31. The van der Waals surface area contributed by atoms with E-state index >= 15 is 0 Å². The van der Waals surface area contributed by atoms with Crippen molar-refractivity contribution >= 4 is 40.6 Å². The number of nitrogens with one attached hydrogen (secondary N) is 1. The normalized spacial score (nSPS) is 15.9. The summed E-state index contributed by atoms with van der Waals surface area (Å²) in [5, 5.41) is 5.59. The Kier molecular flexibility index (Phi) is 5.11. The molecule has 1 saturated carbocycles. The van der Waals surface area contributed by atoms with E-state index < -0.39 is 0 Å². The van der Waals surface area contributed by atoms with Gasteiger partial charge < -0.3 is 5.32 Å². The zero-order valence-corrected chi connectivity index (χ0v) is 13.2. The van der Waals surface area contributed by atoms with E-state index in [2.05, 4.69) is 16.4 Å². The predicted molar refractivity (Wildman–Crippen MR) is 89.2 cm³/mol. The van der Waals surface area contributed by atoms with Gasteiger partial charge in [0.1, 0.15) is 0 Å². The summed E-state index contributed by atoms with van der Waals surface area (Å²) in [6.45, 7) is 2.04. The molecule has 0 atom stereocenters. The van der Waals surface area contributed by atoms with E-state index in [1.807, 2.05) is 25.1 Å². The molecule has 0 radical (unpaired) electrons. The van der Waals surface area contributed by atoms with Gasteiger partial charge in [-0.05, 0) is 44.0 Å². The molecule has 0 saturated heterocycles. The van der Waals surface area contributed by atoms with Crippen LogP contribution < -0.4 is 5.32 Å². The second kappa shape index (κ2) is 6.64. The quantitative estimate of drug-likeness (QED) is 0.807. The molecule has 0 unspecified atom stereocenters. The number of benzene rings is 1. The van der Waals surface area contributed by atoms with E-state index in [0.717, 1.165) is 21.6 Å². The van der Waals surface area contributed by atoms with Gasteiger partial charge >= 0.3 is 0 Å². The van der Waals surface area contributed by atoms with E-state index in [0.29, 0.717) is 6.04 Å². The lowest BCUT2D eigenvalue weighted by Gasteiger charge is -2.24. The van der Waals surface area contributed by atoms with Crippen LogP contribution in [0.5, 0.6) is 0 Å². The molecule has 0 spiro atoms. The molecule has 1 aliphatic rings. The minimum atomic E-state index is 0. The molecule has 0 amide bonds. The molecule has 2 aromatic rings. The number of nitrogens with zero attached hydrogens (tertiary/aromatic N) is 1. The van der Waals surface area contributed by atoms with Crippen LogP contribution >= 0.6 is 24.0 Å². The summed E-state index contributed by atoms with van der Waals surface area (Å²) in [7, 11) is 0. The first-order chi connectivity index (χ1) is 9.22. The maximum absolute atomic E-state index is 6.12. The lowest BCUT2D eigenvalue weighted by molar-refractivity contribution is 0.463. The van der Waals surface area contributed by atoms with Crippen LogP contribution in [0.4, 0.5) is 5.69 Å². The van der Waals surface area contributed by atoms with Gasteiger partial charge in [-0.15, -0.1) is 12.4 Å². The van der Waals surface area contributed by atoms with Crippen molar-refractivity contribution in [2.24, 2.45) is 0 Å². The first kappa shape index (κ1) is 15.4. The van der Waals surface area contributed by atoms with Crippen LogP contribution in [-0.2, 0) is 0 Å². The van der Waals surface area contributed by atoms with Crippen LogP contribution in [0.3, 0.4) is 0 Å². The van der Waals surface area contributed by atoms with Crippen molar-refractivity contribution < 1.29 is 0 Å². The van der Waals surface area contributed by atoms with Crippen LogP contribution in [0.15, 0.2) is 24.3 Å². The predicted octanol–water partition coefficient (Wildman–Crippen LogP) is 5.36. The summed E-state index contributed by atoms with van der Waals surface area (Å²) in [5.74, 6) is 0. The molecular weight excluding hydrogens is 291 g/mol. The van der Waals surface area contributed by atoms with Crippen molar-refractivity contribution in [1.29, 1.82) is 0 Å². The average molecular weight is 311 g/mol. The Balaban J connectivity index is 0.00000147. The highest BCUT2D eigenvalue weighted by atomic mass is 35.5. The molecule has 1 aromatic heterocycles. The third-order valence-electron chi connectivity index (χ3n) is 3.86. The standard InChI is InChI=1S/C16H19ClN2.ClH/c1-11-9-16(19-13-5-3-2-4-6-13)14-10-12(17)7-8-15(14)18-11;/h7-10,13H,2-6H2,1H3,(H,18,19);1H. The van der Waals surface area contributed by atoms with Crippen molar-refractivity contribution in [2.75, 3.05) is 5.32 Å². The average Bonchev–Trinajstić information content (AvgIpc) is 2.41. The number of halogens is 2. The molecule has 1 N–H and O–H groups in total. The largest absolute Gasteiger partial charge is 0.382 e. The molecule has 1 fully saturated rings. The van der Waals surface area contributed by atoms with Gasteiger partial charge in [0.15, 0.2) is 0 Å². The smallest absolute Gasteiger partial charge is 0.0726 e. The van der Waals surface area contributed by atoms with E-state index in [9.17, 15) is 0 Å². The lowest BCUT2D eigenvalue weighted by atomic mass is 9.95. The highest BCUT2D eigenvalue weighted by Gasteiger charge is 2.14. The van der Waals surface area contributed by atoms with Crippen LogP contribution in [0, 0.1) is 6.92 Å². The Bertz CT molecular complexity index is 592. The Labute approximate surface area is 131 Å². The third kappa shape index (κ3) is 3.36. The van der Waals surface area contributed by atoms with E-state index in [1.165, 1.54) is 37.8 Å². The third-order valence-corrected chi connectivity index (χ3v) is 4.10. The van der Waals surface area contributed by atoms with Gasteiger partial charge in [-0.1, -0.05) is 30.9 Å². The van der Waals surface area contributed by atoms with Crippen LogP contribution in [0.25, 0.3) is 10.9 Å². The Hall–Kier alpha value is -0.990. The zero-order chi connectivity index (χ0) is 13.2. The van der Waals surface area contributed by atoms with Crippen molar-refractivity contribution in [3.63, 3.8) is 0 Å². The van der Waals surface area contributed by atoms with Gasteiger partial charge in [-0.25, -0.2) is 0 Å². The molecular formula is C16H20Cl2N2. The highest BCUT2D eigenvalue weighted by Crippen LogP contribution is 2.29. The molecule has 1 heterocycles. The van der Waals surface area contributed by atoms with E-state index in [1.54, 1.807) is 0 Å². The Morgan fingerprint density at radius 1 is 1.15 bits per heavy atom. The Morgan fingerprint density at radius 3 is 2.65 bits per heavy atom. The number of hydrogen-bond donors (Lipinski definition) is 1. The van der Waals surface area contributed by atoms with Gasteiger partial charge in [-0.2, -0.15) is 0 Å². The second-order valence-electron chi connectivity index (χ2n) is 5.45. The number of hydrogen-bond acceptors (Lipinski definition) is 2. The summed E-state index contributed by atoms with van der Waals surface area (Å²) < 4.78 is 0. The molecule has 108 valence electrons. The number of anilines is 1. The number of fused-ring (bicyclic) bond motifs is 1. The molecule has 20 heavy (non-hydrogen) atoms. The number of pyridine rings is 1. The fraction of sp³-hybridized carbons (Fsp3) is 0.438. The van der Waals surface area contributed by atoms with Crippen LogP contribution in [0.2, 0.25) is 5.02 Å². The SMILES string of the molecule is Cc1cc(NC2CCCCC2)c2cc(Cl)ccc2n1.Cl. The fourth-order valence-corrected chi connectivity index (χ4v) is 3.09. The van der Waals surface area contributed by atoms with E-state index in [4.69, 9.17) is 11.6 Å². The summed E-state index contributed by atoms with van der Waals surface area (Å²) >= 11 is 6.12. The minimum absolute atomic E-state index is 0. The van der Waals surface area contributed by atoms with E-state index in [-0.39, 0.29) is 12.4 Å². The first-order valence-electron chi connectivity index (χ1n) is 7.06. The number of rotatable bonds is 2. The second-order valence-corrected chi connectivity index (χ2v) is 5.89. The monoisotopic (exact) mass is 310 g/mol. The molecule has 4 heteroatoms. The van der Waals surface area contributed by atoms with Crippen molar-refractivity contribution in [3.8, 4) is 0 Å². The molecule has 1 aliphatic carbocycles.